The van der Waals surface area contributed by atoms with Gasteiger partial charge in [0.1, 0.15) is 0 Å². The van der Waals surface area contributed by atoms with E-state index >= 15 is 0 Å². The first-order valence-electron chi connectivity index (χ1n) is 10.1. The van der Waals surface area contributed by atoms with Crippen molar-refractivity contribution in [3.05, 3.63) is 42.7 Å². The van der Waals surface area contributed by atoms with Crippen molar-refractivity contribution in [2.45, 2.75) is 44.8 Å². The molecule has 0 bridgehead atoms. The van der Waals surface area contributed by atoms with E-state index in [0.717, 1.165) is 48.4 Å². The smallest absolute Gasteiger partial charge is 0.191 e. The molecule has 3 rings (SSSR count). The van der Waals surface area contributed by atoms with Gasteiger partial charge in [-0.3, -0.25) is 4.68 Å². The summed E-state index contributed by atoms with van der Waals surface area (Å²) in [5.74, 6) is 1.98. The maximum atomic E-state index is 4.42. The maximum absolute atomic E-state index is 4.42. The summed E-state index contributed by atoms with van der Waals surface area (Å²) in [7, 11) is 2.05. The van der Waals surface area contributed by atoms with Crippen LogP contribution in [0.3, 0.4) is 0 Å². The van der Waals surface area contributed by atoms with Crippen molar-refractivity contribution in [1.82, 2.24) is 24.5 Å². The lowest BCUT2D eigenvalue weighted by molar-refractivity contribution is 0.554. The van der Waals surface area contributed by atoms with E-state index in [9.17, 15) is 0 Å². The largest absolute Gasteiger partial charge is 0.372 e. The lowest BCUT2D eigenvalue weighted by Gasteiger charge is -2.21. The number of nitrogens with zero attached hydrogens (tertiary/aromatic N) is 6. The highest BCUT2D eigenvalue weighted by Crippen LogP contribution is 2.25. The molecule has 0 saturated carbocycles. The van der Waals surface area contributed by atoms with E-state index < -0.39 is 0 Å². The standard InChI is InChI=1S/C21H30N6S/c1-4-26(5-2)19-12-10-18(11-13-19)20-23-24-21(25(20)3)28-17-8-6-7-15-27-16-9-14-22-27/h9-14,16H,4-8,15,17H2,1-3H3. The Labute approximate surface area is 172 Å². The second kappa shape index (κ2) is 10.3. The zero-order valence-electron chi connectivity index (χ0n) is 17.1. The third-order valence-corrected chi connectivity index (χ3v) is 6.02. The van der Waals surface area contributed by atoms with Gasteiger partial charge in [-0.15, -0.1) is 10.2 Å². The molecule has 0 saturated heterocycles. The SMILES string of the molecule is CCN(CC)c1ccc(-c2nnc(SCCCCCn3cccn3)n2C)cc1. The van der Waals surface area contributed by atoms with Crippen molar-refractivity contribution in [2.75, 3.05) is 23.7 Å². The average molecular weight is 399 g/mol. The molecule has 0 fully saturated rings. The summed E-state index contributed by atoms with van der Waals surface area (Å²) in [4.78, 5) is 2.34. The fraction of sp³-hybridized carbons (Fsp3) is 0.476. The second-order valence-electron chi connectivity index (χ2n) is 6.76. The van der Waals surface area contributed by atoms with Gasteiger partial charge in [0.05, 0.1) is 0 Å². The van der Waals surface area contributed by atoms with Crippen LogP contribution >= 0.6 is 11.8 Å². The molecule has 0 unspecified atom stereocenters. The molecule has 0 amide bonds. The Morgan fingerprint density at radius 1 is 1.00 bits per heavy atom. The lowest BCUT2D eigenvalue weighted by Crippen LogP contribution is -2.21. The van der Waals surface area contributed by atoms with E-state index in [0.29, 0.717) is 0 Å². The molecule has 0 atom stereocenters. The van der Waals surface area contributed by atoms with Gasteiger partial charge in [-0.1, -0.05) is 18.2 Å². The number of aryl methyl sites for hydroxylation is 1. The van der Waals surface area contributed by atoms with Gasteiger partial charge in [-0.05, 0) is 57.0 Å². The maximum Gasteiger partial charge on any atom is 0.191 e. The van der Waals surface area contributed by atoms with Crippen molar-refractivity contribution in [3.8, 4) is 11.4 Å². The summed E-state index contributed by atoms with van der Waals surface area (Å²) in [6.45, 7) is 7.39. The van der Waals surface area contributed by atoms with Crippen molar-refractivity contribution in [1.29, 1.82) is 0 Å². The fourth-order valence-corrected chi connectivity index (χ4v) is 4.16. The monoisotopic (exact) mass is 398 g/mol. The molecule has 0 aliphatic heterocycles. The molecule has 3 aromatic rings. The number of rotatable bonds is 11. The summed E-state index contributed by atoms with van der Waals surface area (Å²) in [6, 6.07) is 10.6. The molecule has 2 aromatic heterocycles. The van der Waals surface area contributed by atoms with Crippen LogP contribution in [-0.4, -0.2) is 43.4 Å². The molecule has 0 radical (unpaired) electrons. The molecule has 0 aliphatic rings. The Bertz CT molecular complexity index is 821. The van der Waals surface area contributed by atoms with Crippen LogP contribution in [0.5, 0.6) is 0 Å². The minimum atomic E-state index is 0.923. The van der Waals surface area contributed by atoms with E-state index in [1.165, 1.54) is 18.5 Å². The van der Waals surface area contributed by atoms with Crippen LogP contribution in [0.25, 0.3) is 11.4 Å². The predicted octanol–water partition coefficient (Wildman–Crippen LogP) is 4.49. The van der Waals surface area contributed by atoms with Gasteiger partial charge in [-0.25, -0.2) is 0 Å². The highest BCUT2D eigenvalue weighted by molar-refractivity contribution is 7.99. The fourth-order valence-electron chi connectivity index (χ4n) is 3.25. The van der Waals surface area contributed by atoms with E-state index in [1.54, 1.807) is 11.8 Å². The molecular formula is C21H30N6S. The predicted molar refractivity (Wildman–Crippen MR) is 117 cm³/mol. The number of hydrogen-bond donors (Lipinski definition) is 0. The highest BCUT2D eigenvalue weighted by atomic mass is 32.2. The highest BCUT2D eigenvalue weighted by Gasteiger charge is 2.11. The Morgan fingerprint density at radius 2 is 1.79 bits per heavy atom. The normalized spacial score (nSPS) is 11.1. The van der Waals surface area contributed by atoms with E-state index in [4.69, 9.17) is 0 Å². The van der Waals surface area contributed by atoms with Crippen LogP contribution in [-0.2, 0) is 13.6 Å². The molecule has 0 N–H and O–H groups in total. The van der Waals surface area contributed by atoms with Crippen LogP contribution < -0.4 is 4.90 Å². The summed E-state index contributed by atoms with van der Waals surface area (Å²) < 4.78 is 4.09. The molecule has 28 heavy (non-hydrogen) atoms. The molecule has 6 nitrogen and oxygen atoms in total. The van der Waals surface area contributed by atoms with Gasteiger partial charge in [0.15, 0.2) is 11.0 Å². The van der Waals surface area contributed by atoms with Crippen LogP contribution in [0.2, 0.25) is 0 Å². The number of anilines is 1. The van der Waals surface area contributed by atoms with Crippen LogP contribution in [0.4, 0.5) is 5.69 Å². The summed E-state index contributed by atoms with van der Waals surface area (Å²) in [5, 5.41) is 14.0. The van der Waals surface area contributed by atoms with Crippen molar-refractivity contribution >= 4 is 17.4 Å². The van der Waals surface area contributed by atoms with Gasteiger partial charge < -0.3 is 9.47 Å². The zero-order chi connectivity index (χ0) is 19.8. The van der Waals surface area contributed by atoms with Crippen LogP contribution in [0.15, 0.2) is 47.9 Å². The van der Waals surface area contributed by atoms with Crippen LogP contribution in [0.1, 0.15) is 33.1 Å². The van der Waals surface area contributed by atoms with Gasteiger partial charge >= 0.3 is 0 Å². The summed E-state index contributed by atoms with van der Waals surface area (Å²) in [5.41, 5.74) is 2.36. The Hall–Kier alpha value is -2.28. The number of benzene rings is 1. The molecule has 2 heterocycles. The third-order valence-electron chi connectivity index (χ3n) is 4.91. The van der Waals surface area contributed by atoms with Crippen molar-refractivity contribution in [2.24, 2.45) is 7.05 Å². The summed E-state index contributed by atoms with van der Waals surface area (Å²) in [6.07, 6.45) is 7.38. The summed E-state index contributed by atoms with van der Waals surface area (Å²) >= 11 is 1.78. The molecule has 1 aromatic carbocycles. The van der Waals surface area contributed by atoms with Crippen LogP contribution in [0, 0.1) is 0 Å². The first-order valence-corrected chi connectivity index (χ1v) is 11.1. The third kappa shape index (κ3) is 5.16. The average Bonchev–Trinajstić information content (AvgIpc) is 3.36. The second-order valence-corrected chi connectivity index (χ2v) is 7.82. The Kier molecular flexibility index (Phi) is 7.54. The minimum Gasteiger partial charge on any atom is -0.372 e. The van der Waals surface area contributed by atoms with Gasteiger partial charge in [0.2, 0.25) is 0 Å². The van der Waals surface area contributed by atoms with Crippen molar-refractivity contribution in [3.63, 3.8) is 0 Å². The zero-order valence-corrected chi connectivity index (χ0v) is 17.9. The molecular weight excluding hydrogens is 368 g/mol. The topological polar surface area (TPSA) is 51.8 Å². The number of hydrogen-bond acceptors (Lipinski definition) is 5. The molecule has 0 aliphatic carbocycles. The Morgan fingerprint density at radius 3 is 2.46 bits per heavy atom. The van der Waals surface area contributed by atoms with Gasteiger partial charge in [0.25, 0.3) is 0 Å². The quantitative estimate of drug-likeness (QED) is 0.352. The van der Waals surface area contributed by atoms with Gasteiger partial charge in [-0.2, -0.15) is 5.10 Å². The first-order chi connectivity index (χ1) is 13.7. The number of unbranched alkanes of at least 4 members (excludes halogenated alkanes) is 2. The molecule has 0 spiro atoms. The number of aromatic nitrogens is 5. The first kappa shape index (κ1) is 20.5. The van der Waals surface area contributed by atoms with Gasteiger partial charge in [0, 0.05) is 56.1 Å². The van der Waals surface area contributed by atoms with Crippen molar-refractivity contribution < 1.29 is 0 Å². The van der Waals surface area contributed by atoms with E-state index in [-0.39, 0.29) is 0 Å². The molecule has 150 valence electrons. The Balaban J connectivity index is 1.49. The van der Waals surface area contributed by atoms with E-state index in [1.807, 2.05) is 30.2 Å². The minimum absolute atomic E-state index is 0.923. The molecule has 7 heteroatoms. The lowest BCUT2D eigenvalue weighted by atomic mass is 10.2. The number of thioether (sulfide) groups is 1. The van der Waals surface area contributed by atoms with E-state index in [2.05, 4.69) is 62.9 Å².